The topological polar surface area (TPSA) is 34.1 Å². The van der Waals surface area contributed by atoms with Gasteiger partial charge in [0.1, 0.15) is 0 Å². The van der Waals surface area contributed by atoms with E-state index in [1.165, 1.54) is 0 Å². The molecule has 0 spiro atoms. The number of halogens is 3. The Hall–Kier alpha value is -1.56. The van der Waals surface area contributed by atoms with E-state index in [1.54, 1.807) is 0 Å². The minimum Gasteiger partial charge on any atom is -0.223 e. The Labute approximate surface area is 121 Å². The molecular formula is C15H15F3O2S. The molecule has 1 atom stereocenters. The van der Waals surface area contributed by atoms with Crippen LogP contribution < -0.4 is 0 Å². The standard InChI is InChI=1S/C15H15F3O2S/c1-10-4-3-5-14(11(10)2)21(19,20)13-8-6-12(7-9-13)15(16,17)18/h6-9,14H,1-5H2. The molecule has 0 bridgehead atoms. The number of alkyl halides is 3. The first kappa shape index (κ1) is 15.8. The number of rotatable bonds is 2. The van der Waals surface area contributed by atoms with Crippen LogP contribution >= 0.6 is 0 Å². The van der Waals surface area contributed by atoms with Gasteiger partial charge < -0.3 is 0 Å². The van der Waals surface area contributed by atoms with Crippen LogP contribution in [0.5, 0.6) is 0 Å². The quantitative estimate of drug-likeness (QED) is 0.821. The van der Waals surface area contributed by atoms with Gasteiger partial charge in [-0.1, -0.05) is 18.7 Å². The van der Waals surface area contributed by atoms with Crippen molar-refractivity contribution in [1.29, 1.82) is 0 Å². The molecule has 1 aliphatic rings. The molecule has 1 fully saturated rings. The van der Waals surface area contributed by atoms with E-state index in [4.69, 9.17) is 0 Å². The number of hydrogen-bond donors (Lipinski definition) is 0. The zero-order valence-corrected chi connectivity index (χ0v) is 12.1. The lowest BCUT2D eigenvalue weighted by Crippen LogP contribution is -2.27. The van der Waals surface area contributed by atoms with E-state index in [0.29, 0.717) is 30.4 Å². The van der Waals surface area contributed by atoms with Crippen molar-refractivity contribution in [3.63, 3.8) is 0 Å². The van der Waals surface area contributed by atoms with Gasteiger partial charge >= 0.3 is 6.18 Å². The highest BCUT2D eigenvalue weighted by molar-refractivity contribution is 7.92. The van der Waals surface area contributed by atoms with Crippen LogP contribution in [-0.4, -0.2) is 13.7 Å². The van der Waals surface area contributed by atoms with Gasteiger partial charge in [0.25, 0.3) is 0 Å². The summed E-state index contributed by atoms with van der Waals surface area (Å²) in [5, 5.41) is -0.796. The van der Waals surface area contributed by atoms with E-state index in [2.05, 4.69) is 13.2 Å². The summed E-state index contributed by atoms with van der Waals surface area (Å²) in [7, 11) is -3.73. The molecule has 21 heavy (non-hydrogen) atoms. The van der Waals surface area contributed by atoms with Crippen molar-refractivity contribution in [2.24, 2.45) is 0 Å². The monoisotopic (exact) mass is 316 g/mol. The summed E-state index contributed by atoms with van der Waals surface area (Å²) in [6, 6.07) is 3.58. The Balaban J connectivity index is 2.36. The van der Waals surface area contributed by atoms with Crippen LogP contribution in [-0.2, 0) is 16.0 Å². The van der Waals surface area contributed by atoms with Gasteiger partial charge in [0.15, 0.2) is 9.84 Å². The van der Waals surface area contributed by atoms with Gasteiger partial charge in [-0.2, -0.15) is 13.2 Å². The summed E-state index contributed by atoms with van der Waals surface area (Å²) < 4.78 is 62.6. The third kappa shape index (κ3) is 3.05. The number of sulfone groups is 1. The van der Waals surface area contributed by atoms with Gasteiger partial charge in [-0.15, -0.1) is 0 Å². The molecule has 0 heterocycles. The van der Waals surface area contributed by atoms with E-state index in [9.17, 15) is 21.6 Å². The van der Waals surface area contributed by atoms with Crippen LogP contribution in [0, 0.1) is 0 Å². The highest BCUT2D eigenvalue weighted by Crippen LogP contribution is 2.35. The molecule has 1 aromatic carbocycles. The largest absolute Gasteiger partial charge is 0.416 e. The second-order valence-corrected chi connectivity index (χ2v) is 7.21. The Morgan fingerprint density at radius 3 is 2.19 bits per heavy atom. The van der Waals surface area contributed by atoms with Crippen molar-refractivity contribution in [3.8, 4) is 0 Å². The second kappa shape index (κ2) is 5.33. The first-order chi connectivity index (χ1) is 9.64. The van der Waals surface area contributed by atoms with Crippen LogP contribution in [0.1, 0.15) is 24.8 Å². The van der Waals surface area contributed by atoms with E-state index in [-0.39, 0.29) is 4.90 Å². The summed E-state index contributed by atoms with van der Waals surface area (Å²) >= 11 is 0. The zero-order valence-electron chi connectivity index (χ0n) is 11.3. The summed E-state index contributed by atoms with van der Waals surface area (Å²) in [6.45, 7) is 7.55. The summed E-state index contributed by atoms with van der Waals surface area (Å²) in [6.07, 6.45) is -2.67. The lowest BCUT2D eigenvalue weighted by Gasteiger charge is -2.26. The van der Waals surface area contributed by atoms with Crippen LogP contribution in [0.3, 0.4) is 0 Å². The van der Waals surface area contributed by atoms with Crippen molar-refractivity contribution < 1.29 is 21.6 Å². The molecule has 114 valence electrons. The van der Waals surface area contributed by atoms with Crippen LogP contribution in [0.4, 0.5) is 13.2 Å². The summed E-state index contributed by atoms with van der Waals surface area (Å²) in [5.41, 5.74) is 0.288. The fourth-order valence-electron chi connectivity index (χ4n) is 2.40. The molecule has 0 saturated heterocycles. The van der Waals surface area contributed by atoms with Gasteiger partial charge in [0.2, 0.25) is 0 Å². The lowest BCUT2D eigenvalue weighted by atomic mass is 9.91. The molecule has 2 rings (SSSR count). The van der Waals surface area contributed by atoms with Crippen molar-refractivity contribution >= 4 is 9.84 Å². The number of allylic oxidation sites excluding steroid dienone is 1. The Morgan fingerprint density at radius 1 is 1.10 bits per heavy atom. The van der Waals surface area contributed by atoms with Crippen molar-refractivity contribution in [2.75, 3.05) is 0 Å². The molecule has 6 heteroatoms. The van der Waals surface area contributed by atoms with Crippen LogP contribution in [0.2, 0.25) is 0 Å². The Kier molecular flexibility index (Phi) is 4.02. The van der Waals surface area contributed by atoms with Crippen LogP contribution in [0.25, 0.3) is 0 Å². The van der Waals surface area contributed by atoms with E-state index < -0.39 is 26.8 Å². The minimum atomic E-state index is -4.48. The highest BCUT2D eigenvalue weighted by Gasteiger charge is 2.34. The smallest absolute Gasteiger partial charge is 0.223 e. The Morgan fingerprint density at radius 2 is 1.67 bits per heavy atom. The van der Waals surface area contributed by atoms with E-state index in [1.807, 2.05) is 0 Å². The van der Waals surface area contributed by atoms with Gasteiger partial charge in [0, 0.05) is 0 Å². The maximum atomic E-state index is 12.5. The molecule has 0 aliphatic heterocycles. The maximum Gasteiger partial charge on any atom is 0.416 e. The maximum absolute atomic E-state index is 12.5. The number of hydrogen-bond acceptors (Lipinski definition) is 2. The molecule has 0 N–H and O–H groups in total. The first-order valence-corrected chi connectivity index (χ1v) is 7.97. The zero-order chi connectivity index (χ0) is 15.8. The fraction of sp³-hybridized carbons (Fsp3) is 0.333. The molecule has 0 amide bonds. The second-order valence-electron chi connectivity index (χ2n) is 5.08. The molecule has 1 aromatic rings. The molecular weight excluding hydrogens is 301 g/mol. The third-order valence-corrected chi connectivity index (χ3v) is 5.87. The molecule has 1 aliphatic carbocycles. The lowest BCUT2D eigenvalue weighted by molar-refractivity contribution is -0.137. The average molecular weight is 316 g/mol. The Bertz CT molecular complexity index is 670. The number of benzene rings is 1. The molecule has 2 nitrogen and oxygen atoms in total. The van der Waals surface area contributed by atoms with Crippen LogP contribution in [0.15, 0.2) is 53.5 Å². The third-order valence-electron chi connectivity index (χ3n) is 3.67. The van der Waals surface area contributed by atoms with E-state index >= 15 is 0 Å². The van der Waals surface area contributed by atoms with Gasteiger partial charge in [0.05, 0.1) is 15.7 Å². The average Bonchev–Trinajstić information content (AvgIpc) is 2.41. The minimum absolute atomic E-state index is 0.114. The van der Waals surface area contributed by atoms with Crippen molar-refractivity contribution in [2.45, 2.75) is 35.6 Å². The van der Waals surface area contributed by atoms with Crippen molar-refractivity contribution in [1.82, 2.24) is 0 Å². The van der Waals surface area contributed by atoms with Gasteiger partial charge in [-0.3, -0.25) is 0 Å². The summed E-state index contributed by atoms with van der Waals surface area (Å²) in [4.78, 5) is -0.114. The normalized spacial score (nSPS) is 20.6. The molecule has 1 unspecified atom stereocenters. The first-order valence-electron chi connectivity index (χ1n) is 6.42. The fourth-order valence-corrected chi connectivity index (χ4v) is 4.27. The predicted molar refractivity (Wildman–Crippen MR) is 74.5 cm³/mol. The summed E-state index contributed by atoms with van der Waals surface area (Å²) in [5.74, 6) is 0. The molecule has 1 saturated carbocycles. The molecule has 0 radical (unpaired) electrons. The SMILES string of the molecule is C=C1CCCC(S(=O)(=O)c2ccc(C(F)(F)F)cc2)C1=C. The highest BCUT2D eigenvalue weighted by atomic mass is 32.2. The van der Waals surface area contributed by atoms with Gasteiger partial charge in [-0.05, 0) is 49.1 Å². The van der Waals surface area contributed by atoms with E-state index in [0.717, 1.165) is 24.3 Å². The predicted octanol–water partition coefficient (Wildman–Crippen LogP) is 4.14. The van der Waals surface area contributed by atoms with Gasteiger partial charge in [-0.25, -0.2) is 8.42 Å². The molecule has 0 aromatic heterocycles. The van der Waals surface area contributed by atoms with Crippen molar-refractivity contribution in [3.05, 3.63) is 54.1 Å².